The van der Waals surface area contributed by atoms with Gasteiger partial charge >= 0.3 is 0 Å². The van der Waals surface area contributed by atoms with Gasteiger partial charge < -0.3 is 25.7 Å². The van der Waals surface area contributed by atoms with E-state index in [4.69, 9.17) is 4.74 Å². The second-order valence-corrected chi connectivity index (χ2v) is 9.38. The number of carbonyl (C=O) groups is 3. The fourth-order valence-electron chi connectivity index (χ4n) is 3.75. The maximum Gasteiger partial charge on any atom is 0.268 e. The van der Waals surface area contributed by atoms with Gasteiger partial charge in [0.15, 0.2) is 5.60 Å². The van der Waals surface area contributed by atoms with Gasteiger partial charge in [-0.05, 0) is 45.0 Å². The molecule has 0 saturated carbocycles. The van der Waals surface area contributed by atoms with Crippen LogP contribution in [0.3, 0.4) is 0 Å². The molecule has 0 spiro atoms. The maximum atomic E-state index is 13.0. The second kappa shape index (κ2) is 8.03. The fraction of sp³-hybridized carbons (Fsp3) is 0.217. The Labute approximate surface area is 198 Å². The Hall–Kier alpha value is -4.12. The van der Waals surface area contributed by atoms with Gasteiger partial charge in [0.1, 0.15) is 11.6 Å². The molecule has 0 saturated heterocycles. The van der Waals surface area contributed by atoms with Crippen LogP contribution in [0.1, 0.15) is 40.8 Å². The largest absolute Gasteiger partial charge is 0.476 e. The van der Waals surface area contributed by atoms with Crippen molar-refractivity contribution in [2.75, 3.05) is 17.2 Å². The number of hydrogen-bond donors (Lipinski definition) is 5. The van der Waals surface area contributed by atoms with Crippen molar-refractivity contribution in [2.45, 2.75) is 26.4 Å². The molecule has 0 fully saturated rings. The zero-order chi connectivity index (χ0) is 24.0. The molecule has 0 bridgehead atoms. The van der Waals surface area contributed by atoms with E-state index < -0.39 is 5.60 Å². The Kier molecular flexibility index (Phi) is 5.13. The molecular formula is C23H22N6O4S. The van der Waals surface area contributed by atoms with Crippen LogP contribution in [0.4, 0.5) is 11.5 Å². The first-order chi connectivity index (χ1) is 16.3. The van der Waals surface area contributed by atoms with E-state index in [1.807, 2.05) is 13.0 Å². The monoisotopic (exact) mass is 478 g/mol. The molecule has 3 aromatic heterocycles. The maximum absolute atomic E-state index is 13.0. The predicted molar refractivity (Wildman–Crippen MR) is 129 cm³/mol. The van der Waals surface area contributed by atoms with Crippen molar-refractivity contribution >= 4 is 51.5 Å². The third-order valence-corrected chi connectivity index (χ3v) is 6.61. The molecule has 5 N–H and O–H groups in total. The summed E-state index contributed by atoms with van der Waals surface area (Å²) in [5.74, 6) is -0.255. The number of aromatic nitrogens is 3. The normalized spacial score (nSPS) is 14.3. The SMILES string of the molecule is CCNC(=O)c1c(NC(=O)c2ccc(-c3cn[nH]c3)s2)[nH]c2cc3c(cc12)OC(C)(C)C(=O)N3. The van der Waals surface area contributed by atoms with Gasteiger partial charge in [0.2, 0.25) is 0 Å². The highest BCUT2D eigenvalue weighted by Crippen LogP contribution is 2.39. The van der Waals surface area contributed by atoms with E-state index in [-0.39, 0.29) is 29.1 Å². The highest BCUT2D eigenvalue weighted by molar-refractivity contribution is 7.17. The van der Waals surface area contributed by atoms with Crippen molar-refractivity contribution in [3.05, 3.63) is 47.1 Å². The van der Waals surface area contributed by atoms with Crippen LogP contribution < -0.4 is 20.7 Å². The van der Waals surface area contributed by atoms with Gasteiger partial charge in [-0.15, -0.1) is 11.3 Å². The second-order valence-electron chi connectivity index (χ2n) is 8.30. The number of anilines is 2. The van der Waals surface area contributed by atoms with Gasteiger partial charge in [-0.2, -0.15) is 5.10 Å². The molecule has 4 aromatic rings. The van der Waals surface area contributed by atoms with Gasteiger partial charge in [-0.3, -0.25) is 19.5 Å². The molecule has 1 aromatic carbocycles. The number of fused-ring (bicyclic) bond motifs is 2. The van der Waals surface area contributed by atoms with E-state index in [1.165, 1.54) is 11.3 Å². The van der Waals surface area contributed by atoms with E-state index in [2.05, 4.69) is 31.1 Å². The number of amides is 3. The molecule has 174 valence electrons. The number of ether oxygens (including phenoxy) is 1. The van der Waals surface area contributed by atoms with Crippen LogP contribution in [-0.4, -0.2) is 45.0 Å². The first-order valence-electron chi connectivity index (χ1n) is 10.7. The number of rotatable bonds is 5. The zero-order valence-corrected chi connectivity index (χ0v) is 19.5. The Bertz CT molecular complexity index is 1430. The van der Waals surface area contributed by atoms with Crippen LogP contribution in [-0.2, 0) is 4.79 Å². The molecule has 5 rings (SSSR count). The minimum absolute atomic E-state index is 0.261. The van der Waals surface area contributed by atoms with Crippen molar-refractivity contribution in [3.63, 3.8) is 0 Å². The summed E-state index contributed by atoms with van der Waals surface area (Å²) in [5.41, 5.74) is 1.18. The lowest BCUT2D eigenvalue weighted by atomic mass is 10.0. The molecule has 0 unspecified atom stereocenters. The van der Waals surface area contributed by atoms with Gasteiger partial charge in [-0.1, -0.05) is 0 Å². The van der Waals surface area contributed by atoms with Crippen LogP contribution in [0.2, 0.25) is 0 Å². The molecule has 0 aliphatic carbocycles. The van der Waals surface area contributed by atoms with Crippen LogP contribution in [0, 0.1) is 0 Å². The highest BCUT2D eigenvalue weighted by Gasteiger charge is 2.36. The topological polar surface area (TPSA) is 141 Å². The van der Waals surface area contributed by atoms with E-state index in [1.54, 1.807) is 44.4 Å². The smallest absolute Gasteiger partial charge is 0.268 e. The lowest BCUT2D eigenvalue weighted by Crippen LogP contribution is -2.45. The van der Waals surface area contributed by atoms with Crippen LogP contribution >= 0.6 is 11.3 Å². The number of benzene rings is 1. The van der Waals surface area contributed by atoms with E-state index >= 15 is 0 Å². The molecule has 11 heteroatoms. The van der Waals surface area contributed by atoms with E-state index in [0.717, 1.165) is 10.4 Å². The quantitative estimate of drug-likeness (QED) is 0.297. The highest BCUT2D eigenvalue weighted by atomic mass is 32.1. The number of thiophene rings is 1. The van der Waals surface area contributed by atoms with Gasteiger partial charge in [0.25, 0.3) is 17.7 Å². The minimum atomic E-state index is -1.05. The molecule has 4 heterocycles. The molecule has 1 aliphatic heterocycles. The molecule has 0 radical (unpaired) electrons. The van der Waals surface area contributed by atoms with Gasteiger partial charge in [0, 0.05) is 28.6 Å². The number of aromatic amines is 2. The van der Waals surface area contributed by atoms with Gasteiger partial charge in [-0.25, -0.2) is 0 Å². The molecule has 1 aliphatic rings. The van der Waals surface area contributed by atoms with Crippen molar-refractivity contribution in [2.24, 2.45) is 0 Å². The van der Waals surface area contributed by atoms with Crippen LogP contribution in [0.25, 0.3) is 21.3 Å². The third kappa shape index (κ3) is 3.69. The number of hydrogen-bond acceptors (Lipinski definition) is 6. The Balaban J connectivity index is 1.53. The minimum Gasteiger partial charge on any atom is -0.476 e. The lowest BCUT2D eigenvalue weighted by molar-refractivity contribution is -0.129. The summed E-state index contributed by atoms with van der Waals surface area (Å²) >= 11 is 1.32. The third-order valence-electron chi connectivity index (χ3n) is 5.47. The number of carbonyl (C=O) groups excluding carboxylic acids is 3. The van der Waals surface area contributed by atoms with Crippen molar-refractivity contribution < 1.29 is 19.1 Å². The molecular weight excluding hydrogens is 456 g/mol. The van der Waals surface area contributed by atoms with Gasteiger partial charge in [0.05, 0.1) is 27.8 Å². The zero-order valence-electron chi connectivity index (χ0n) is 18.7. The average Bonchev–Trinajstić information content (AvgIpc) is 3.52. The number of nitrogens with zero attached hydrogens (tertiary/aromatic N) is 1. The predicted octanol–water partition coefficient (Wildman–Crippen LogP) is 3.73. The summed E-state index contributed by atoms with van der Waals surface area (Å²) in [6, 6.07) is 6.96. The van der Waals surface area contributed by atoms with Crippen LogP contribution in [0.15, 0.2) is 36.7 Å². The van der Waals surface area contributed by atoms with E-state index in [0.29, 0.717) is 33.8 Å². The van der Waals surface area contributed by atoms with Crippen LogP contribution in [0.5, 0.6) is 5.75 Å². The summed E-state index contributed by atoms with van der Waals surface area (Å²) in [6.07, 6.45) is 3.44. The Morgan fingerprint density at radius 1 is 1.21 bits per heavy atom. The van der Waals surface area contributed by atoms with Crippen molar-refractivity contribution in [1.29, 1.82) is 0 Å². The lowest BCUT2D eigenvalue weighted by Gasteiger charge is -2.31. The molecule has 34 heavy (non-hydrogen) atoms. The summed E-state index contributed by atoms with van der Waals surface area (Å²) in [4.78, 5) is 42.8. The Morgan fingerprint density at radius 2 is 2.03 bits per heavy atom. The first kappa shape index (κ1) is 21.7. The molecule has 0 atom stereocenters. The Morgan fingerprint density at radius 3 is 2.76 bits per heavy atom. The summed E-state index contributed by atoms with van der Waals surface area (Å²) in [5, 5.41) is 15.7. The van der Waals surface area contributed by atoms with Crippen molar-refractivity contribution in [1.82, 2.24) is 20.5 Å². The fourth-order valence-corrected chi connectivity index (χ4v) is 4.63. The van der Waals surface area contributed by atoms with E-state index in [9.17, 15) is 14.4 Å². The average molecular weight is 479 g/mol. The standard InChI is InChI=1S/C23H22N6O4S/c1-4-24-21(31)18-12-7-15-14(28-22(32)23(2,3)33-15)8-13(12)27-19(18)29-20(30)17-6-5-16(34-17)11-9-25-26-10-11/h5-10,27H,4H2,1-3H3,(H,24,31)(H,25,26)(H,28,32)(H,29,30). The molecule has 3 amide bonds. The first-order valence-corrected chi connectivity index (χ1v) is 11.5. The van der Waals surface area contributed by atoms with Crippen molar-refractivity contribution in [3.8, 4) is 16.2 Å². The number of H-pyrrole nitrogens is 2. The number of nitrogens with one attached hydrogen (secondary N) is 5. The molecule has 10 nitrogen and oxygen atoms in total. The summed E-state index contributed by atoms with van der Waals surface area (Å²) in [6.45, 7) is 5.57. The summed E-state index contributed by atoms with van der Waals surface area (Å²) in [7, 11) is 0. The summed E-state index contributed by atoms with van der Waals surface area (Å²) < 4.78 is 5.88.